The zero-order valence-electron chi connectivity index (χ0n) is 7.57. The van der Waals surface area contributed by atoms with Crippen LogP contribution >= 0.6 is 7.82 Å². The van der Waals surface area contributed by atoms with Crippen molar-refractivity contribution < 1.29 is 24.0 Å². The number of carbonyl (C=O) groups is 1. The molecule has 0 atom stereocenters. The van der Waals surface area contributed by atoms with Crippen molar-refractivity contribution in [2.24, 2.45) is 5.84 Å². The molecule has 0 saturated heterocycles. The van der Waals surface area contributed by atoms with Gasteiger partial charge < -0.3 is 14.7 Å². The number of carbonyl (C=O) groups excluding carboxylic acids is 1. The molecule has 0 fully saturated rings. The van der Waals surface area contributed by atoms with E-state index >= 15 is 0 Å². The van der Waals surface area contributed by atoms with Crippen molar-refractivity contribution in [3.05, 3.63) is 35.9 Å². The first-order chi connectivity index (χ1) is 6.84. The Balaban J connectivity index is 0.000000336. The normalized spacial score (nSPS) is 9.87. The number of hydrogen-bond donors (Lipinski definition) is 5. The standard InChI is InChI=1S/C7H8N2O.H3O4P/c8-9-7(10)6-4-2-1-3-5-6;1-5(2,3)4/h1-5H,8H2,(H,9,10);(H3,1,2,3,4). The SMILES string of the molecule is NNC(=O)c1ccccc1.O=P(O)(O)O. The number of nitrogens with two attached hydrogens (primary N) is 1. The highest BCUT2D eigenvalue weighted by Crippen LogP contribution is 2.25. The molecule has 0 radical (unpaired) electrons. The van der Waals surface area contributed by atoms with Crippen molar-refractivity contribution in [1.29, 1.82) is 0 Å². The van der Waals surface area contributed by atoms with Gasteiger partial charge >= 0.3 is 7.82 Å². The molecule has 0 aliphatic rings. The fourth-order valence-electron chi connectivity index (χ4n) is 0.673. The highest BCUT2D eigenvalue weighted by Gasteiger charge is 2.00. The van der Waals surface area contributed by atoms with Crippen molar-refractivity contribution in [1.82, 2.24) is 5.43 Å². The van der Waals surface area contributed by atoms with Gasteiger partial charge in [-0.15, -0.1) is 0 Å². The smallest absolute Gasteiger partial charge is 0.303 e. The van der Waals surface area contributed by atoms with Gasteiger partial charge in [-0.3, -0.25) is 10.2 Å². The Hall–Kier alpha value is -1.24. The van der Waals surface area contributed by atoms with Crippen LogP contribution in [0.2, 0.25) is 0 Å². The molecule has 0 spiro atoms. The molecule has 84 valence electrons. The lowest BCUT2D eigenvalue weighted by Gasteiger charge is -1.95. The predicted molar refractivity (Wildman–Crippen MR) is 52.4 cm³/mol. The summed E-state index contributed by atoms with van der Waals surface area (Å²) in [7, 11) is -4.64. The number of hydrogen-bond acceptors (Lipinski definition) is 3. The molecule has 7 nitrogen and oxygen atoms in total. The third-order valence-electron chi connectivity index (χ3n) is 1.17. The van der Waals surface area contributed by atoms with Crippen LogP contribution in [-0.4, -0.2) is 20.6 Å². The number of rotatable bonds is 1. The molecule has 1 amide bonds. The maximum atomic E-state index is 10.8. The second kappa shape index (κ2) is 6.28. The van der Waals surface area contributed by atoms with Crippen molar-refractivity contribution in [2.45, 2.75) is 0 Å². The first-order valence-corrected chi connectivity index (χ1v) is 5.25. The molecule has 0 heterocycles. The van der Waals surface area contributed by atoms with E-state index in [1.807, 2.05) is 11.5 Å². The number of nitrogen functional groups attached to an aromatic ring is 1. The molecule has 0 saturated carbocycles. The van der Waals surface area contributed by atoms with E-state index in [1.54, 1.807) is 24.3 Å². The van der Waals surface area contributed by atoms with Crippen LogP contribution in [0.4, 0.5) is 0 Å². The van der Waals surface area contributed by atoms with Crippen LogP contribution in [0.15, 0.2) is 30.3 Å². The molecule has 1 aromatic rings. The second-order valence-corrected chi connectivity index (χ2v) is 3.38. The molecule has 0 aliphatic heterocycles. The molecule has 8 heteroatoms. The summed E-state index contributed by atoms with van der Waals surface area (Å²) in [5.41, 5.74) is 2.62. The van der Waals surface area contributed by atoms with E-state index in [2.05, 4.69) is 0 Å². The fourth-order valence-corrected chi connectivity index (χ4v) is 0.673. The number of hydrazine groups is 1. The van der Waals surface area contributed by atoms with E-state index in [-0.39, 0.29) is 5.91 Å². The molecule has 0 bridgehead atoms. The highest BCUT2D eigenvalue weighted by molar-refractivity contribution is 7.45. The van der Waals surface area contributed by atoms with Crippen LogP contribution in [-0.2, 0) is 4.57 Å². The van der Waals surface area contributed by atoms with E-state index in [9.17, 15) is 4.79 Å². The Morgan fingerprint density at radius 1 is 1.20 bits per heavy atom. The van der Waals surface area contributed by atoms with E-state index in [0.29, 0.717) is 5.56 Å². The molecule has 0 aliphatic carbocycles. The van der Waals surface area contributed by atoms with Crippen LogP contribution < -0.4 is 11.3 Å². The number of nitrogens with one attached hydrogen (secondary N) is 1. The number of phosphoric acid groups is 1. The lowest BCUT2D eigenvalue weighted by Crippen LogP contribution is -2.29. The molecule has 0 unspecified atom stereocenters. The first kappa shape index (κ1) is 13.8. The zero-order valence-corrected chi connectivity index (χ0v) is 8.46. The van der Waals surface area contributed by atoms with E-state index < -0.39 is 7.82 Å². The summed E-state index contributed by atoms with van der Waals surface area (Å²) in [4.78, 5) is 32.3. The molecule has 1 aromatic carbocycles. The average Bonchev–Trinajstić information content (AvgIpc) is 2.15. The summed E-state index contributed by atoms with van der Waals surface area (Å²) >= 11 is 0. The number of amides is 1. The van der Waals surface area contributed by atoms with Crippen molar-refractivity contribution in [3.63, 3.8) is 0 Å². The minimum Gasteiger partial charge on any atom is -0.303 e. The Labute approximate surface area is 85.8 Å². The van der Waals surface area contributed by atoms with Gasteiger partial charge in [0.1, 0.15) is 0 Å². The maximum absolute atomic E-state index is 10.8. The summed E-state index contributed by atoms with van der Waals surface area (Å²) in [6.45, 7) is 0. The largest absolute Gasteiger partial charge is 0.466 e. The Kier molecular flexibility index (Phi) is 5.76. The molecule has 15 heavy (non-hydrogen) atoms. The predicted octanol–water partition coefficient (Wildman–Crippen LogP) is -0.639. The van der Waals surface area contributed by atoms with Crippen LogP contribution in [0.1, 0.15) is 10.4 Å². The summed E-state index contributed by atoms with van der Waals surface area (Å²) in [5.74, 6) is 4.64. The van der Waals surface area contributed by atoms with Crippen molar-refractivity contribution in [3.8, 4) is 0 Å². The summed E-state index contributed by atoms with van der Waals surface area (Å²) in [6.07, 6.45) is 0. The van der Waals surface area contributed by atoms with Gasteiger partial charge in [-0.05, 0) is 12.1 Å². The van der Waals surface area contributed by atoms with E-state index in [1.165, 1.54) is 0 Å². The number of benzene rings is 1. The van der Waals surface area contributed by atoms with Gasteiger partial charge in [0.15, 0.2) is 0 Å². The maximum Gasteiger partial charge on any atom is 0.466 e. The molecular formula is C7H11N2O5P. The van der Waals surface area contributed by atoms with E-state index in [0.717, 1.165) is 0 Å². The third kappa shape index (κ3) is 9.07. The fraction of sp³-hybridized carbons (Fsp3) is 0. The second-order valence-electron chi connectivity index (χ2n) is 2.35. The van der Waals surface area contributed by atoms with E-state index in [4.69, 9.17) is 25.1 Å². The van der Waals surface area contributed by atoms with Gasteiger partial charge in [0.2, 0.25) is 0 Å². The lowest BCUT2D eigenvalue weighted by molar-refractivity contribution is 0.0953. The minimum atomic E-state index is -4.64. The first-order valence-electron chi connectivity index (χ1n) is 3.69. The highest BCUT2D eigenvalue weighted by atomic mass is 31.2. The van der Waals surface area contributed by atoms with Gasteiger partial charge in [-0.25, -0.2) is 10.4 Å². The van der Waals surface area contributed by atoms with Gasteiger partial charge in [0.05, 0.1) is 0 Å². The van der Waals surface area contributed by atoms with Crippen LogP contribution in [0, 0.1) is 0 Å². The van der Waals surface area contributed by atoms with Crippen LogP contribution in [0.5, 0.6) is 0 Å². The van der Waals surface area contributed by atoms with Gasteiger partial charge in [-0.2, -0.15) is 0 Å². The Morgan fingerprint density at radius 3 is 1.93 bits per heavy atom. The summed E-state index contributed by atoms with van der Waals surface area (Å²) in [5, 5.41) is 0. The quantitative estimate of drug-likeness (QED) is 0.190. The lowest BCUT2D eigenvalue weighted by atomic mass is 10.2. The van der Waals surface area contributed by atoms with Gasteiger partial charge in [-0.1, -0.05) is 18.2 Å². The van der Waals surface area contributed by atoms with Crippen LogP contribution in [0.25, 0.3) is 0 Å². The minimum absolute atomic E-state index is 0.263. The molecule has 6 N–H and O–H groups in total. The summed E-state index contributed by atoms with van der Waals surface area (Å²) in [6, 6.07) is 8.80. The van der Waals surface area contributed by atoms with Crippen molar-refractivity contribution in [2.75, 3.05) is 0 Å². The average molecular weight is 234 g/mol. The van der Waals surface area contributed by atoms with Gasteiger partial charge in [0.25, 0.3) is 5.91 Å². The summed E-state index contributed by atoms with van der Waals surface area (Å²) < 4.78 is 8.88. The third-order valence-corrected chi connectivity index (χ3v) is 1.17. The van der Waals surface area contributed by atoms with Crippen molar-refractivity contribution >= 4 is 13.7 Å². The molecule has 1 rings (SSSR count). The van der Waals surface area contributed by atoms with Crippen LogP contribution in [0.3, 0.4) is 0 Å². The van der Waals surface area contributed by atoms with Gasteiger partial charge in [0, 0.05) is 5.56 Å². The molecule has 0 aromatic heterocycles. The topological polar surface area (TPSA) is 133 Å². The Bertz CT molecular complexity index is 341. The zero-order chi connectivity index (χ0) is 11.9. The monoisotopic (exact) mass is 234 g/mol. The molecular weight excluding hydrogens is 223 g/mol. The Morgan fingerprint density at radius 2 is 1.60 bits per heavy atom.